The van der Waals surface area contributed by atoms with Crippen LogP contribution in [0.15, 0.2) is 41.3 Å². The van der Waals surface area contributed by atoms with Crippen LogP contribution >= 0.6 is 0 Å². The lowest BCUT2D eigenvalue weighted by molar-refractivity contribution is 0.249. The second-order valence-corrected chi connectivity index (χ2v) is 6.78. The average Bonchev–Trinajstić information content (AvgIpc) is 2.51. The summed E-state index contributed by atoms with van der Waals surface area (Å²) in [5.41, 5.74) is 13.0. The number of hydrogen-bond acceptors (Lipinski definition) is 5. The molecule has 1 aliphatic rings. The molecule has 6 nitrogen and oxygen atoms in total. The monoisotopic (exact) mass is 327 g/mol. The highest BCUT2D eigenvalue weighted by atomic mass is 16.1. The number of benzene rings is 1. The predicted molar refractivity (Wildman–Crippen MR) is 96.1 cm³/mol. The van der Waals surface area contributed by atoms with Crippen molar-refractivity contribution in [1.82, 2.24) is 14.9 Å². The fourth-order valence-corrected chi connectivity index (χ4v) is 3.15. The zero-order chi connectivity index (χ0) is 17.1. The summed E-state index contributed by atoms with van der Waals surface area (Å²) in [6.45, 7) is 3.24. The maximum Gasteiger partial charge on any atom is 0.354 e. The minimum absolute atomic E-state index is 0.236. The Morgan fingerprint density at radius 1 is 1.29 bits per heavy atom. The Labute approximate surface area is 141 Å². The summed E-state index contributed by atoms with van der Waals surface area (Å²) in [5.74, 6) is 0.968. The SMILES string of the molecule is CC(Cc1ccc(-n2ccc(N)nc2=O)cc1)NC[C@H]1C[C@H](N)C1. The lowest BCUT2D eigenvalue weighted by Crippen LogP contribution is -2.43. The molecule has 1 saturated carbocycles. The molecule has 0 saturated heterocycles. The van der Waals surface area contributed by atoms with Gasteiger partial charge in [0.05, 0.1) is 5.69 Å². The van der Waals surface area contributed by atoms with Gasteiger partial charge in [0, 0.05) is 18.3 Å². The number of rotatable bonds is 6. The van der Waals surface area contributed by atoms with Gasteiger partial charge in [-0.25, -0.2) is 4.79 Å². The van der Waals surface area contributed by atoms with Gasteiger partial charge in [0.1, 0.15) is 5.82 Å². The summed E-state index contributed by atoms with van der Waals surface area (Å²) in [6, 6.07) is 10.4. The second-order valence-electron chi connectivity index (χ2n) is 6.78. The van der Waals surface area contributed by atoms with Gasteiger partial charge in [-0.05, 0) is 62.4 Å². The maximum atomic E-state index is 11.9. The van der Waals surface area contributed by atoms with Gasteiger partial charge < -0.3 is 16.8 Å². The third kappa shape index (κ3) is 4.01. The van der Waals surface area contributed by atoms with E-state index in [1.807, 2.05) is 12.1 Å². The predicted octanol–water partition coefficient (Wildman–Crippen LogP) is 1.07. The van der Waals surface area contributed by atoms with Gasteiger partial charge in [0.15, 0.2) is 0 Å². The Kier molecular flexibility index (Phi) is 4.97. The maximum absolute atomic E-state index is 11.9. The minimum Gasteiger partial charge on any atom is -0.383 e. The summed E-state index contributed by atoms with van der Waals surface area (Å²) in [4.78, 5) is 15.6. The Balaban J connectivity index is 1.57. The average molecular weight is 327 g/mol. The standard InChI is InChI=1S/C18H25N5O/c1-12(21-11-14-9-15(19)10-14)8-13-2-4-16(5-3-13)23-7-6-17(20)22-18(23)24/h2-7,12,14-15,21H,8-11,19H2,1H3,(H2,20,22,24)/t12?,14-,15-. The van der Waals surface area contributed by atoms with Gasteiger partial charge in [-0.2, -0.15) is 4.98 Å². The molecule has 0 amide bonds. The summed E-state index contributed by atoms with van der Waals surface area (Å²) in [6.07, 6.45) is 4.87. The smallest absolute Gasteiger partial charge is 0.354 e. The Bertz CT molecular complexity index is 734. The van der Waals surface area contributed by atoms with E-state index in [1.165, 1.54) is 10.1 Å². The zero-order valence-corrected chi connectivity index (χ0v) is 14.0. The summed E-state index contributed by atoms with van der Waals surface area (Å²) in [7, 11) is 0. The molecule has 24 heavy (non-hydrogen) atoms. The first-order chi connectivity index (χ1) is 11.5. The van der Waals surface area contributed by atoms with Crippen molar-refractivity contribution in [1.29, 1.82) is 0 Å². The molecule has 6 heteroatoms. The van der Waals surface area contributed by atoms with Crippen LogP contribution in [0.5, 0.6) is 0 Å². The molecule has 1 atom stereocenters. The normalized spacial score (nSPS) is 21.2. The van der Waals surface area contributed by atoms with Crippen molar-refractivity contribution in [3.05, 3.63) is 52.6 Å². The molecule has 0 aliphatic heterocycles. The Hall–Kier alpha value is -2.18. The number of nitrogens with one attached hydrogen (secondary N) is 1. The van der Waals surface area contributed by atoms with Crippen LogP contribution in [0.4, 0.5) is 5.82 Å². The van der Waals surface area contributed by atoms with Crippen LogP contribution in [-0.4, -0.2) is 28.2 Å². The molecule has 0 spiro atoms. The van der Waals surface area contributed by atoms with E-state index in [1.54, 1.807) is 12.3 Å². The number of nitrogen functional groups attached to an aromatic ring is 1. The molecule has 1 heterocycles. The van der Waals surface area contributed by atoms with Crippen molar-refractivity contribution in [2.24, 2.45) is 11.7 Å². The van der Waals surface area contributed by atoms with Gasteiger partial charge in [0.2, 0.25) is 0 Å². The molecule has 1 fully saturated rings. The lowest BCUT2D eigenvalue weighted by Gasteiger charge is -2.33. The van der Waals surface area contributed by atoms with E-state index < -0.39 is 0 Å². The van der Waals surface area contributed by atoms with Crippen LogP contribution in [0.25, 0.3) is 5.69 Å². The first-order valence-electron chi connectivity index (χ1n) is 8.44. The van der Waals surface area contributed by atoms with Crippen LogP contribution in [-0.2, 0) is 6.42 Å². The third-order valence-corrected chi connectivity index (χ3v) is 4.61. The van der Waals surface area contributed by atoms with Crippen molar-refractivity contribution in [2.75, 3.05) is 12.3 Å². The molecular weight excluding hydrogens is 302 g/mol. The van der Waals surface area contributed by atoms with Gasteiger partial charge in [-0.15, -0.1) is 0 Å². The molecule has 128 valence electrons. The van der Waals surface area contributed by atoms with Crippen molar-refractivity contribution in [3.63, 3.8) is 0 Å². The first kappa shape index (κ1) is 16.7. The summed E-state index contributed by atoms with van der Waals surface area (Å²) < 4.78 is 1.49. The van der Waals surface area contributed by atoms with Gasteiger partial charge in [-0.1, -0.05) is 12.1 Å². The first-order valence-corrected chi connectivity index (χ1v) is 8.44. The molecule has 1 aromatic carbocycles. The molecule has 1 aromatic heterocycles. The molecule has 2 aromatic rings. The van der Waals surface area contributed by atoms with Gasteiger partial charge in [-0.3, -0.25) is 4.57 Å². The van der Waals surface area contributed by atoms with Gasteiger partial charge in [0.25, 0.3) is 0 Å². The van der Waals surface area contributed by atoms with E-state index in [2.05, 4.69) is 29.4 Å². The highest BCUT2D eigenvalue weighted by Crippen LogP contribution is 2.24. The second kappa shape index (κ2) is 7.15. The summed E-state index contributed by atoms with van der Waals surface area (Å²) in [5, 5.41) is 3.58. The largest absolute Gasteiger partial charge is 0.383 e. The van der Waals surface area contributed by atoms with E-state index in [-0.39, 0.29) is 11.5 Å². The van der Waals surface area contributed by atoms with E-state index in [4.69, 9.17) is 11.5 Å². The number of nitrogens with zero attached hydrogens (tertiary/aromatic N) is 2. The summed E-state index contributed by atoms with van der Waals surface area (Å²) >= 11 is 0. The molecule has 1 unspecified atom stereocenters. The Morgan fingerprint density at radius 2 is 2.00 bits per heavy atom. The highest BCUT2D eigenvalue weighted by molar-refractivity contribution is 5.36. The molecule has 0 bridgehead atoms. The fourth-order valence-electron chi connectivity index (χ4n) is 3.15. The van der Waals surface area contributed by atoms with E-state index in [0.717, 1.165) is 37.4 Å². The molecule has 3 rings (SSSR count). The lowest BCUT2D eigenvalue weighted by atomic mass is 9.81. The van der Waals surface area contributed by atoms with Crippen LogP contribution in [0, 0.1) is 5.92 Å². The van der Waals surface area contributed by atoms with Gasteiger partial charge >= 0.3 is 5.69 Å². The number of nitrogens with two attached hydrogens (primary N) is 2. The molecular formula is C18H25N5O. The van der Waals surface area contributed by atoms with Crippen molar-refractivity contribution < 1.29 is 0 Å². The van der Waals surface area contributed by atoms with Crippen molar-refractivity contribution in [3.8, 4) is 5.69 Å². The van der Waals surface area contributed by atoms with Crippen molar-refractivity contribution >= 4 is 5.82 Å². The topological polar surface area (TPSA) is 99.0 Å². The van der Waals surface area contributed by atoms with E-state index in [0.29, 0.717) is 12.1 Å². The zero-order valence-electron chi connectivity index (χ0n) is 14.0. The number of anilines is 1. The third-order valence-electron chi connectivity index (χ3n) is 4.61. The molecule has 1 aliphatic carbocycles. The highest BCUT2D eigenvalue weighted by Gasteiger charge is 2.25. The number of hydrogen-bond donors (Lipinski definition) is 3. The van der Waals surface area contributed by atoms with Crippen molar-refractivity contribution in [2.45, 2.75) is 38.3 Å². The van der Waals surface area contributed by atoms with Crippen LogP contribution in [0.1, 0.15) is 25.3 Å². The fraction of sp³-hybridized carbons (Fsp3) is 0.444. The van der Waals surface area contributed by atoms with Crippen LogP contribution < -0.4 is 22.5 Å². The van der Waals surface area contributed by atoms with Crippen LogP contribution in [0.2, 0.25) is 0 Å². The minimum atomic E-state index is -0.364. The van der Waals surface area contributed by atoms with E-state index in [9.17, 15) is 4.79 Å². The quantitative estimate of drug-likeness (QED) is 0.737. The Morgan fingerprint density at radius 3 is 2.62 bits per heavy atom. The van der Waals surface area contributed by atoms with Crippen LogP contribution in [0.3, 0.4) is 0 Å². The molecule has 0 radical (unpaired) electrons. The molecule has 5 N–H and O–H groups in total. The number of aromatic nitrogens is 2. The van der Waals surface area contributed by atoms with E-state index >= 15 is 0 Å².